The van der Waals surface area contributed by atoms with E-state index < -0.39 is 16.1 Å². The van der Waals surface area contributed by atoms with Crippen molar-refractivity contribution < 1.29 is 13.2 Å². The van der Waals surface area contributed by atoms with Gasteiger partial charge in [-0.05, 0) is 46.8 Å². The van der Waals surface area contributed by atoms with Crippen LogP contribution in [0.5, 0.6) is 0 Å². The SMILES string of the molecule is CNC(=O)C(CC(C)C)NS(=O)(=O)c1cc(C)c(Br)s1. The number of amides is 1. The van der Waals surface area contributed by atoms with Gasteiger partial charge >= 0.3 is 0 Å². The number of sulfonamides is 1. The van der Waals surface area contributed by atoms with Gasteiger partial charge in [-0.1, -0.05) is 13.8 Å². The lowest BCUT2D eigenvalue weighted by Crippen LogP contribution is -2.46. The fourth-order valence-electron chi connectivity index (χ4n) is 1.66. The van der Waals surface area contributed by atoms with Crippen molar-refractivity contribution in [1.29, 1.82) is 0 Å². The van der Waals surface area contributed by atoms with Crippen molar-refractivity contribution in [2.75, 3.05) is 7.05 Å². The summed E-state index contributed by atoms with van der Waals surface area (Å²) in [7, 11) is -2.19. The maximum absolute atomic E-state index is 12.3. The van der Waals surface area contributed by atoms with Gasteiger partial charge in [0.15, 0.2) is 0 Å². The number of carbonyl (C=O) groups excluding carboxylic acids is 1. The van der Waals surface area contributed by atoms with E-state index in [0.717, 1.165) is 20.7 Å². The first-order valence-corrected chi connectivity index (χ1v) is 9.26. The van der Waals surface area contributed by atoms with Gasteiger partial charge in [0, 0.05) is 7.05 Å². The molecule has 1 aromatic rings. The Bertz CT molecular complexity index is 562. The summed E-state index contributed by atoms with van der Waals surface area (Å²) in [6, 6.07) is 0.832. The molecule has 1 heterocycles. The predicted molar refractivity (Wildman–Crippen MR) is 84.4 cm³/mol. The molecule has 1 amide bonds. The predicted octanol–water partition coefficient (Wildman–Crippen LogP) is 2.26. The van der Waals surface area contributed by atoms with Crippen molar-refractivity contribution in [3.8, 4) is 0 Å². The minimum atomic E-state index is -3.68. The third-order valence-electron chi connectivity index (χ3n) is 2.67. The van der Waals surface area contributed by atoms with Crippen LogP contribution < -0.4 is 10.0 Å². The van der Waals surface area contributed by atoms with Crippen molar-refractivity contribution in [2.45, 2.75) is 37.4 Å². The van der Waals surface area contributed by atoms with Crippen LogP contribution in [0, 0.1) is 12.8 Å². The number of halogens is 1. The van der Waals surface area contributed by atoms with Gasteiger partial charge in [0.25, 0.3) is 10.0 Å². The molecular formula is C12H19BrN2O3S2. The van der Waals surface area contributed by atoms with E-state index in [4.69, 9.17) is 0 Å². The first kappa shape index (κ1) is 17.6. The van der Waals surface area contributed by atoms with E-state index in [9.17, 15) is 13.2 Å². The quantitative estimate of drug-likeness (QED) is 0.791. The van der Waals surface area contributed by atoms with Crippen LogP contribution in [0.4, 0.5) is 0 Å². The molecule has 20 heavy (non-hydrogen) atoms. The van der Waals surface area contributed by atoms with E-state index in [1.165, 1.54) is 7.05 Å². The van der Waals surface area contributed by atoms with Crippen LogP contribution in [0.15, 0.2) is 14.1 Å². The van der Waals surface area contributed by atoms with E-state index in [1.54, 1.807) is 6.07 Å². The summed E-state index contributed by atoms with van der Waals surface area (Å²) in [5.41, 5.74) is 0.857. The van der Waals surface area contributed by atoms with Crippen LogP contribution in [0.25, 0.3) is 0 Å². The Labute approximate surface area is 132 Å². The first-order valence-electron chi connectivity index (χ1n) is 6.17. The van der Waals surface area contributed by atoms with E-state index >= 15 is 0 Å². The molecule has 0 saturated heterocycles. The second-order valence-electron chi connectivity index (χ2n) is 4.94. The molecule has 1 unspecified atom stereocenters. The Balaban J connectivity index is 2.99. The Morgan fingerprint density at radius 2 is 2.05 bits per heavy atom. The third kappa shape index (κ3) is 4.54. The van der Waals surface area contributed by atoms with Crippen molar-refractivity contribution >= 4 is 43.2 Å². The van der Waals surface area contributed by atoms with Crippen LogP contribution in [0.3, 0.4) is 0 Å². The molecule has 0 aliphatic heterocycles. The van der Waals surface area contributed by atoms with Gasteiger partial charge in [0.05, 0.1) is 3.79 Å². The number of aryl methyl sites for hydroxylation is 1. The zero-order valence-corrected chi connectivity index (χ0v) is 15.1. The van der Waals surface area contributed by atoms with Crippen LogP contribution >= 0.6 is 27.3 Å². The van der Waals surface area contributed by atoms with Crippen LogP contribution in [-0.2, 0) is 14.8 Å². The monoisotopic (exact) mass is 382 g/mol. The molecule has 0 aromatic carbocycles. The Morgan fingerprint density at radius 3 is 2.45 bits per heavy atom. The van der Waals surface area contributed by atoms with Crippen molar-refractivity contribution in [3.63, 3.8) is 0 Å². The Kier molecular flexibility index (Phi) is 6.18. The van der Waals surface area contributed by atoms with Gasteiger partial charge in [0.2, 0.25) is 5.91 Å². The van der Waals surface area contributed by atoms with Crippen molar-refractivity contribution in [3.05, 3.63) is 15.4 Å². The summed E-state index contributed by atoms with van der Waals surface area (Å²) in [6.07, 6.45) is 0.449. The molecular weight excluding hydrogens is 364 g/mol. The van der Waals surface area contributed by atoms with Crippen molar-refractivity contribution in [2.24, 2.45) is 5.92 Å². The molecule has 2 N–H and O–H groups in total. The summed E-state index contributed by atoms with van der Waals surface area (Å²) < 4.78 is 28.1. The number of hydrogen-bond acceptors (Lipinski definition) is 4. The second kappa shape index (κ2) is 7.02. The lowest BCUT2D eigenvalue weighted by atomic mass is 10.0. The number of likely N-dealkylation sites (N-methyl/N-ethyl adjacent to an activating group) is 1. The number of thiophene rings is 1. The summed E-state index contributed by atoms with van der Waals surface area (Å²) in [5, 5.41) is 2.49. The van der Waals surface area contributed by atoms with E-state index in [2.05, 4.69) is 26.0 Å². The molecule has 8 heteroatoms. The minimum absolute atomic E-state index is 0.205. The average molecular weight is 383 g/mol. The molecule has 1 atom stereocenters. The Hall–Kier alpha value is -0.440. The van der Waals surface area contributed by atoms with Crippen LogP contribution in [-0.4, -0.2) is 27.4 Å². The summed E-state index contributed by atoms with van der Waals surface area (Å²) in [4.78, 5) is 11.8. The highest BCUT2D eigenvalue weighted by Gasteiger charge is 2.27. The highest BCUT2D eigenvalue weighted by molar-refractivity contribution is 9.11. The minimum Gasteiger partial charge on any atom is -0.358 e. The number of hydrogen-bond donors (Lipinski definition) is 2. The van der Waals surface area contributed by atoms with Gasteiger partial charge in [0.1, 0.15) is 10.3 Å². The normalized spacial score (nSPS) is 13.5. The molecule has 0 spiro atoms. The van der Waals surface area contributed by atoms with Gasteiger partial charge in [-0.2, -0.15) is 4.72 Å². The molecule has 0 bridgehead atoms. The number of nitrogens with one attached hydrogen (secondary N) is 2. The molecule has 1 rings (SSSR count). The van der Waals surface area contributed by atoms with E-state index in [-0.39, 0.29) is 16.0 Å². The van der Waals surface area contributed by atoms with Crippen LogP contribution in [0.1, 0.15) is 25.8 Å². The largest absolute Gasteiger partial charge is 0.358 e. The molecule has 114 valence electrons. The lowest BCUT2D eigenvalue weighted by Gasteiger charge is -2.18. The van der Waals surface area contributed by atoms with Gasteiger partial charge in [-0.3, -0.25) is 4.79 Å². The molecule has 0 saturated carbocycles. The lowest BCUT2D eigenvalue weighted by molar-refractivity contribution is -0.122. The standard InChI is InChI=1S/C12H19BrN2O3S2/c1-7(2)5-9(12(16)14-4)15-20(17,18)10-6-8(3)11(13)19-10/h6-7,9,15H,5H2,1-4H3,(H,14,16). The van der Waals surface area contributed by atoms with Crippen molar-refractivity contribution in [1.82, 2.24) is 10.0 Å². The number of rotatable bonds is 6. The van der Waals surface area contributed by atoms with Gasteiger partial charge in [-0.25, -0.2) is 8.42 Å². The maximum atomic E-state index is 12.3. The topological polar surface area (TPSA) is 75.3 Å². The second-order valence-corrected chi connectivity index (χ2v) is 9.25. The zero-order chi connectivity index (χ0) is 15.5. The first-order chi connectivity index (χ1) is 9.17. The summed E-state index contributed by atoms with van der Waals surface area (Å²) in [6.45, 7) is 5.70. The average Bonchev–Trinajstić information content (AvgIpc) is 2.68. The van der Waals surface area contributed by atoms with E-state index in [1.807, 2.05) is 20.8 Å². The molecule has 0 aliphatic carbocycles. The molecule has 1 aromatic heterocycles. The highest BCUT2D eigenvalue weighted by Crippen LogP contribution is 2.30. The molecule has 0 radical (unpaired) electrons. The maximum Gasteiger partial charge on any atom is 0.250 e. The number of carbonyl (C=O) groups is 1. The molecule has 0 fully saturated rings. The van der Waals surface area contributed by atoms with Gasteiger partial charge in [-0.15, -0.1) is 11.3 Å². The molecule has 5 nitrogen and oxygen atoms in total. The Morgan fingerprint density at radius 1 is 1.45 bits per heavy atom. The van der Waals surface area contributed by atoms with Crippen LogP contribution in [0.2, 0.25) is 0 Å². The summed E-state index contributed by atoms with van der Waals surface area (Å²) in [5.74, 6) is -0.119. The van der Waals surface area contributed by atoms with Gasteiger partial charge < -0.3 is 5.32 Å². The fourth-order valence-corrected chi connectivity index (χ4v) is 5.11. The summed E-state index contributed by atoms with van der Waals surface area (Å²) >= 11 is 4.44. The smallest absolute Gasteiger partial charge is 0.250 e. The molecule has 0 aliphatic rings. The fraction of sp³-hybridized carbons (Fsp3) is 0.583. The third-order valence-corrected chi connectivity index (χ3v) is 6.75. The highest BCUT2D eigenvalue weighted by atomic mass is 79.9. The zero-order valence-electron chi connectivity index (χ0n) is 11.9. The van der Waals surface area contributed by atoms with E-state index in [0.29, 0.717) is 6.42 Å².